The summed E-state index contributed by atoms with van der Waals surface area (Å²) >= 11 is 7.50. The van der Waals surface area contributed by atoms with Crippen LogP contribution in [0.3, 0.4) is 0 Å². The van der Waals surface area contributed by atoms with Crippen molar-refractivity contribution in [2.24, 2.45) is 5.92 Å². The maximum Gasteiger partial charge on any atom is 0.243 e. The number of amides is 3. The van der Waals surface area contributed by atoms with Gasteiger partial charge in [0.2, 0.25) is 17.7 Å². The van der Waals surface area contributed by atoms with Gasteiger partial charge in [0.1, 0.15) is 6.04 Å². The normalized spacial score (nSPS) is 13.8. The highest BCUT2D eigenvalue weighted by molar-refractivity contribution is 7.18. The lowest BCUT2D eigenvalue weighted by Crippen LogP contribution is -2.54. The number of nitrogens with one attached hydrogen (secondary N) is 3. The van der Waals surface area contributed by atoms with E-state index in [9.17, 15) is 14.4 Å². The van der Waals surface area contributed by atoms with Crippen molar-refractivity contribution in [3.63, 3.8) is 0 Å². The summed E-state index contributed by atoms with van der Waals surface area (Å²) in [6.45, 7) is 9.47. The molecule has 7 nitrogen and oxygen atoms in total. The van der Waals surface area contributed by atoms with E-state index < -0.39 is 6.04 Å². The molecule has 0 saturated carbocycles. The van der Waals surface area contributed by atoms with Gasteiger partial charge < -0.3 is 16.0 Å². The third-order valence-corrected chi connectivity index (χ3v) is 6.36. The van der Waals surface area contributed by atoms with Crippen molar-refractivity contribution >= 4 is 50.9 Å². The maximum atomic E-state index is 13.1. The number of aromatic nitrogens is 1. The van der Waals surface area contributed by atoms with Crippen LogP contribution in [-0.2, 0) is 20.8 Å². The van der Waals surface area contributed by atoms with Gasteiger partial charge in [0.15, 0.2) is 0 Å². The first kappa shape index (κ1) is 24.8. The molecule has 0 radical (unpaired) electrons. The van der Waals surface area contributed by atoms with Crippen LogP contribution in [0, 0.1) is 5.92 Å². The molecule has 0 aliphatic rings. The van der Waals surface area contributed by atoms with E-state index >= 15 is 0 Å². The zero-order chi connectivity index (χ0) is 23.0. The van der Waals surface area contributed by atoms with Gasteiger partial charge >= 0.3 is 0 Å². The van der Waals surface area contributed by atoms with Crippen molar-refractivity contribution in [2.45, 2.75) is 52.1 Å². The first-order valence-electron chi connectivity index (χ1n) is 10.3. The van der Waals surface area contributed by atoms with Crippen LogP contribution in [0.2, 0.25) is 5.02 Å². The van der Waals surface area contributed by atoms with Crippen LogP contribution in [0.5, 0.6) is 0 Å². The minimum atomic E-state index is -0.773. The largest absolute Gasteiger partial charge is 0.351 e. The van der Waals surface area contributed by atoms with Gasteiger partial charge in [-0.2, -0.15) is 0 Å². The van der Waals surface area contributed by atoms with E-state index in [1.54, 1.807) is 13.0 Å². The standard InChI is InChI=1S/C22H29ClN4O3S/c1-5-13(4)17(12-24-19(28)6-2)27-22(30)16(25-20(29)7-3)11-21-26-15-9-8-14(23)10-18(15)31-21/h6,8-10,13,16-17H,2,5,7,11-12H2,1,3-4H3,(H,24,28)(H,25,29)(H,27,30)/t13-,16-,17+/m0/s1. The quantitative estimate of drug-likeness (QED) is 0.444. The molecule has 0 unspecified atom stereocenters. The second-order valence-corrected chi connectivity index (χ2v) is 8.90. The molecule has 168 valence electrons. The van der Waals surface area contributed by atoms with Gasteiger partial charge in [0.05, 0.1) is 15.2 Å². The lowest BCUT2D eigenvalue weighted by molar-refractivity contribution is -0.129. The van der Waals surface area contributed by atoms with Crippen molar-refractivity contribution < 1.29 is 14.4 Å². The molecule has 1 aromatic heterocycles. The third kappa shape index (κ3) is 7.33. The molecule has 1 aromatic carbocycles. The SMILES string of the molecule is C=CC(=O)NC[C@@H](NC(=O)[C@H](Cc1nc2ccc(Cl)cc2s1)NC(=O)CC)[C@@H](C)CC. The summed E-state index contributed by atoms with van der Waals surface area (Å²) in [6.07, 6.45) is 2.54. The number of hydrogen-bond acceptors (Lipinski definition) is 5. The van der Waals surface area contributed by atoms with E-state index in [1.165, 1.54) is 17.4 Å². The fourth-order valence-corrected chi connectivity index (χ4v) is 4.25. The summed E-state index contributed by atoms with van der Waals surface area (Å²) in [5.41, 5.74) is 0.801. The molecule has 2 rings (SSSR count). The topological polar surface area (TPSA) is 100 Å². The van der Waals surface area contributed by atoms with Crippen LogP contribution in [0.15, 0.2) is 30.9 Å². The zero-order valence-corrected chi connectivity index (χ0v) is 19.6. The first-order chi connectivity index (χ1) is 14.8. The molecule has 0 fully saturated rings. The van der Waals surface area contributed by atoms with Crippen molar-refractivity contribution in [1.82, 2.24) is 20.9 Å². The Morgan fingerprint density at radius 3 is 2.65 bits per heavy atom. The minimum Gasteiger partial charge on any atom is -0.351 e. The average Bonchev–Trinajstić information content (AvgIpc) is 3.16. The molecule has 0 spiro atoms. The van der Waals surface area contributed by atoms with E-state index in [2.05, 4.69) is 27.5 Å². The number of nitrogens with zero attached hydrogens (tertiary/aromatic N) is 1. The van der Waals surface area contributed by atoms with Crippen LogP contribution < -0.4 is 16.0 Å². The number of fused-ring (bicyclic) bond motifs is 1. The third-order valence-electron chi connectivity index (χ3n) is 5.09. The average molecular weight is 465 g/mol. The monoisotopic (exact) mass is 464 g/mol. The Hall–Kier alpha value is -2.45. The zero-order valence-electron chi connectivity index (χ0n) is 18.0. The number of carbonyl (C=O) groups is 3. The molecule has 0 aliphatic carbocycles. The molecular formula is C22H29ClN4O3S. The van der Waals surface area contributed by atoms with Crippen LogP contribution in [0.1, 0.15) is 38.6 Å². The molecule has 0 saturated heterocycles. The summed E-state index contributed by atoms with van der Waals surface area (Å²) in [7, 11) is 0. The summed E-state index contributed by atoms with van der Waals surface area (Å²) in [5.74, 6) is -0.700. The summed E-state index contributed by atoms with van der Waals surface area (Å²) in [4.78, 5) is 41.3. The first-order valence-corrected chi connectivity index (χ1v) is 11.5. The second kappa shape index (κ2) is 11.8. The lowest BCUT2D eigenvalue weighted by atomic mass is 9.98. The smallest absolute Gasteiger partial charge is 0.243 e. The number of thiazole rings is 1. The van der Waals surface area contributed by atoms with Gasteiger partial charge in [0, 0.05) is 30.5 Å². The predicted molar refractivity (Wildman–Crippen MR) is 125 cm³/mol. The number of rotatable bonds is 11. The van der Waals surface area contributed by atoms with Crippen molar-refractivity contribution in [2.75, 3.05) is 6.54 Å². The molecule has 0 aliphatic heterocycles. The Kier molecular flexibility index (Phi) is 9.45. The molecule has 0 bridgehead atoms. The molecule has 2 aromatic rings. The van der Waals surface area contributed by atoms with Gasteiger partial charge in [0.25, 0.3) is 0 Å². The molecule has 1 heterocycles. The second-order valence-electron chi connectivity index (χ2n) is 7.35. The van der Waals surface area contributed by atoms with E-state index in [-0.39, 0.29) is 49.1 Å². The van der Waals surface area contributed by atoms with Crippen molar-refractivity contribution in [3.05, 3.63) is 40.9 Å². The van der Waals surface area contributed by atoms with Gasteiger partial charge in [-0.05, 0) is 30.2 Å². The van der Waals surface area contributed by atoms with Crippen molar-refractivity contribution in [1.29, 1.82) is 0 Å². The van der Waals surface area contributed by atoms with E-state index in [4.69, 9.17) is 11.6 Å². The Morgan fingerprint density at radius 2 is 2.00 bits per heavy atom. The van der Waals surface area contributed by atoms with E-state index in [0.717, 1.165) is 21.6 Å². The minimum absolute atomic E-state index is 0.126. The number of hydrogen-bond donors (Lipinski definition) is 3. The number of benzene rings is 1. The van der Waals surface area contributed by atoms with Crippen molar-refractivity contribution in [3.8, 4) is 0 Å². The Bertz CT molecular complexity index is 946. The highest BCUT2D eigenvalue weighted by atomic mass is 35.5. The fraction of sp³-hybridized carbons (Fsp3) is 0.455. The van der Waals surface area contributed by atoms with Crippen LogP contribution in [-0.4, -0.2) is 41.3 Å². The lowest BCUT2D eigenvalue weighted by Gasteiger charge is -2.27. The van der Waals surface area contributed by atoms with Crippen LogP contribution in [0.4, 0.5) is 0 Å². The molecule has 31 heavy (non-hydrogen) atoms. The van der Waals surface area contributed by atoms with Crippen LogP contribution >= 0.6 is 22.9 Å². The van der Waals surface area contributed by atoms with Gasteiger partial charge in [-0.1, -0.05) is 45.4 Å². The summed E-state index contributed by atoms with van der Waals surface area (Å²) in [6, 6.07) is 4.38. The van der Waals surface area contributed by atoms with E-state index in [0.29, 0.717) is 5.02 Å². The molecule has 3 amide bonds. The van der Waals surface area contributed by atoms with Crippen LogP contribution in [0.25, 0.3) is 10.2 Å². The molecular weight excluding hydrogens is 436 g/mol. The van der Waals surface area contributed by atoms with Gasteiger partial charge in [-0.25, -0.2) is 4.98 Å². The Morgan fingerprint density at radius 1 is 1.26 bits per heavy atom. The summed E-state index contributed by atoms with van der Waals surface area (Å²) < 4.78 is 0.924. The predicted octanol–water partition coefficient (Wildman–Crippen LogP) is 3.22. The highest BCUT2D eigenvalue weighted by Crippen LogP contribution is 2.26. The Balaban J connectivity index is 2.18. The fourth-order valence-electron chi connectivity index (χ4n) is 2.96. The van der Waals surface area contributed by atoms with Gasteiger partial charge in [-0.15, -0.1) is 11.3 Å². The Labute approximate surface area is 191 Å². The summed E-state index contributed by atoms with van der Waals surface area (Å²) in [5, 5.41) is 9.87. The van der Waals surface area contributed by atoms with E-state index in [1.807, 2.05) is 26.0 Å². The molecule has 3 atom stereocenters. The maximum absolute atomic E-state index is 13.1. The van der Waals surface area contributed by atoms with Gasteiger partial charge in [-0.3, -0.25) is 14.4 Å². The number of carbonyl (C=O) groups excluding carboxylic acids is 3. The highest BCUT2D eigenvalue weighted by Gasteiger charge is 2.26. The number of halogens is 1. The molecule has 9 heteroatoms. The molecule has 3 N–H and O–H groups in total.